The van der Waals surface area contributed by atoms with E-state index in [0.29, 0.717) is 13.1 Å². The molecule has 0 atom stereocenters. The van der Waals surface area contributed by atoms with Crippen LogP contribution in [0.15, 0.2) is 61.2 Å². The molecule has 0 saturated heterocycles. The second-order valence-corrected chi connectivity index (χ2v) is 3.80. The normalized spacial score (nSPS) is 9.44. The third-order valence-corrected chi connectivity index (χ3v) is 2.40. The van der Waals surface area contributed by atoms with E-state index in [2.05, 4.69) is 0 Å². The molecule has 2 aromatic rings. The lowest BCUT2D eigenvalue weighted by atomic mass is 10.3. The molecule has 5 heteroatoms. The Labute approximate surface area is 128 Å². The fourth-order valence-electron chi connectivity index (χ4n) is 1.66. The molecule has 0 aliphatic heterocycles. The highest BCUT2D eigenvalue weighted by Gasteiger charge is 2.14. The van der Waals surface area contributed by atoms with E-state index in [-0.39, 0.29) is 40.1 Å². The average Bonchev–Trinajstić information content (AvgIpc) is 2.31. The number of hydrogen-bond acceptors (Lipinski definition) is 1. The van der Waals surface area contributed by atoms with Gasteiger partial charge in [-0.05, 0) is 0 Å². The second-order valence-electron chi connectivity index (χ2n) is 3.80. The van der Waals surface area contributed by atoms with Crippen molar-refractivity contribution in [3.63, 3.8) is 0 Å². The van der Waals surface area contributed by atoms with Crippen LogP contribution in [0.25, 0.3) is 0 Å². The predicted octanol–water partition coefficient (Wildman–Crippen LogP) is -5.67. The molecule has 0 amide bonds. The molecule has 18 heavy (non-hydrogen) atoms. The molecule has 0 bridgehead atoms. The van der Waals surface area contributed by atoms with Crippen LogP contribution in [0.4, 0.5) is 0 Å². The Hall–Kier alpha value is -0.780. The summed E-state index contributed by atoms with van der Waals surface area (Å²) in [4.78, 5) is 0. The maximum Gasteiger partial charge on any atom is 0.180 e. The summed E-state index contributed by atoms with van der Waals surface area (Å²) in [6.07, 6.45) is 7.45. The summed E-state index contributed by atoms with van der Waals surface area (Å²) >= 11 is 0. The van der Waals surface area contributed by atoms with Crippen LogP contribution in [-0.2, 0) is 13.1 Å². The predicted molar refractivity (Wildman–Crippen MR) is 59.3 cm³/mol. The highest BCUT2D eigenvalue weighted by Crippen LogP contribution is 1.86. The van der Waals surface area contributed by atoms with Gasteiger partial charge in [-0.1, -0.05) is 12.1 Å². The molecule has 0 spiro atoms. The van der Waals surface area contributed by atoms with Crippen LogP contribution < -0.4 is 43.1 Å². The number of nitrogens with zero attached hydrogens (tertiary/aromatic N) is 2. The molecule has 0 saturated carbocycles. The van der Waals surface area contributed by atoms with E-state index in [1.807, 2.05) is 70.3 Å². The first kappa shape index (κ1) is 17.2. The zero-order valence-electron chi connectivity index (χ0n) is 9.86. The number of aromatic nitrogens is 2. The van der Waals surface area contributed by atoms with Crippen molar-refractivity contribution in [3.05, 3.63) is 61.2 Å². The van der Waals surface area contributed by atoms with E-state index in [0.717, 1.165) is 0 Å². The van der Waals surface area contributed by atoms with Crippen molar-refractivity contribution in [2.75, 3.05) is 0 Å². The zero-order chi connectivity index (χ0) is 11.2. The van der Waals surface area contributed by atoms with E-state index in [4.69, 9.17) is 0 Å². The fraction of sp³-hybridized carbons (Fsp3) is 0.231. The highest BCUT2D eigenvalue weighted by molar-refractivity contribution is 4.84. The zero-order valence-corrected chi connectivity index (χ0v) is 13.0. The van der Waals surface area contributed by atoms with Gasteiger partial charge in [-0.25, -0.2) is 9.13 Å². The maximum absolute atomic E-state index is 9.91. The standard InChI is InChI=1S/C13H16N2O.2BrH/c16-13(11-14-7-3-1-4-8-14)12-15-9-5-2-6-10-15;;/h1-10,13,16H,11-12H2;2*1H/q+2;;/p-2. The van der Waals surface area contributed by atoms with Gasteiger partial charge < -0.3 is 39.1 Å². The monoisotopic (exact) mass is 374 g/mol. The summed E-state index contributed by atoms with van der Waals surface area (Å²) in [5, 5.41) is 9.91. The second kappa shape index (κ2) is 9.19. The van der Waals surface area contributed by atoms with E-state index in [9.17, 15) is 5.11 Å². The molecular formula is C13H16Br2N2O. The van der Waals surface area contributed by atoms with Crippen molar-refractivity contribution >= 4 is 0 Å². The number of pyridine rings is 2. The van der Waals surface area contributed by atoms with Crippen LogP contribution in [0.1, 0.15) is 0 Å². The first-order chi connectivity index (χ1) is 7.84. The number of aliphatic hydroxyl groups is 1. The molecule has 0 aromatic carbocycles. The van der Waals surface area contributed by atoms with Crippen LogP contribution in [0, 0.1) is 0 Å². The van der Waals surface area contributed by atoms with Crippen LogP contribution in [0.5, 0.6) is 0 Å². The summed E-state index contributed by atoms with van der Waals surface area (Å²) in [5.41, 5.74) is 0. The van der Waals surface area contributed by atoms with Crippen molar-refractivity contribution in [1.29, 1.82) is 0 Å². The quantitative estimate of drug-likeness (QED) is 0.530. The Morgan fingerprint density at radius 2 is 1.00 bits per heavy atom. The van der Waals surface area contributed by atoms with Gasteiger partial charge in [0.15, 0.2) is 44.0 Å². The van der Waals surface area contributed by atoms with Crippen molar-refractivity contribution < 1.29 is 48.2 Å². The van der Waals surface area contributed by atoms with E-state index in [1.165, 1.54) is 0 Å². The SMILES string of the molecule is OC(C[n+]1ccccc1)C[n+]1ccccc1.[Br-].[Br-]. The largest absolute Gasteiger partial charge is 1.00 e. The molecule has 0 unspecified atom stereocenters. The molecule has 0 fully saturated rings. The number of halogens is 2. The first-order valence-electron chi connectivity index (χ1n) is 5.41. The lowest BCUT2D eigenvalue weighted by molar-refractivity contribution is -0.737. The van der Waals surface area contributed by atoms with Gasteiger partial charge in [0.05, 0.1) is 0 Å². The van der Waals surface area contributed by atoms with E-state index in [1.54, 1.807) is 0 Å². The molecule has 2 aromatic heterocycles. The molecular weight excluding hydrogens is 360 g/mol. The summed E-state index contributed by atoms with van der Waals surface area (Å²) in [6, 6.07) is 11.8. The van der Waals surface area contributed by atoms with Gasteiger partial charge in [0.2, 0.25) is 0 Å². The molecule has 0 radical (unpaired) electrons. The number of aliphatic hydroxyl groups excluding tert-OH is 1. The van der Waals surface area contributed by atoms with Crippen molar-refractivity contribution in [2.24, 2.45) is 0 Å². The average molecular weight is 376 g/mol. The minimum absolute atomic E-state index is 0. The number of hydrogen-bond donors (Lipinski definition) is 1. The fourth-order valence-corrected chi connectivity index (χ4v) is 1.66. The Kier molecular flexibility index (Phi) is 8.79. The molecule has 0 aliphatic carbocycles. The van der Waals surface area contributed by atoms with E-state index >= 15 is 0 Å². The van der Waals surface area contributed by atoms with E-state index < -0.39 is 0 Å². The molecule has 2 rings (SSSR count). The van der Waals surface area contributed by atoms with Crippen molar-refractivity contribution in [2.45, 2.75) is 19.2 Å². The van der Waals surface area contributed by atoms with Crippen molar-refractivity contribution in [1.82, 2.24) is 0 Å². The molecule has 98 valence electrons. The maximum atomic E-state index is 9.91. The topological polar surface area (TPSA) is 28.0 Å². The van der Waals surface area contributed by atoms with Gasteiger partial charge in [0.25, 0.3) is 0 Å². The van der Waals surface area contributed by atoms with Crippen LogP contribution >= 0.6 is 0 Å². The summed E-state index contributed by atoms with van der Waals surface area (Å²) in [6.45, 7) is 1.23. The molecule has 0 aliphatic rings. The van der Waals surface area contributed by atoms with Gasteiger partial charge >= 0.3 is 0 Å². The Morgan fingerprint density at radius 1 is 0.667 bits per heavy atom. The van der Waals surface area contributed by atoms with Crippen LogP contribution in [0.3, 0.4) is 0 Å². The molecule has 1 N–H and O–H groups in total. The van der Waals surface area contributed by atoms with Gasteiger partial charge in [-0.15, -0.1) is 0 Å². The van der Waals surface area contributed by atoms with Crippen molar-refractivity contribution in [3.8, 4) is 0 Å². The first-order valence-corrected chi connectivity index (χ1v) is 5.41. The van der Waals surface area contributed by atoms with Gasteiger partial charge in [-0.3, -0.25) is 0 Å². The Balaban J connectivity index is 0.00000144. The van der Waals surface area contributed by atoms with Gasteiger partial charge in [-0.2, -0.15) is 0 Å². The van der Waals surface area contributed by atoms with Crippen LogP contribution in [-0.4, -0.2) is 11.2 Å². The smallest absolute Gasteiger partial charge is 0.180 e. The molecule has 3 nitrogen and oxygen atoms in total. The Bertz CT molecular complexity index is 384. The minimum Gasteiger partial charge on any atom is -1.00 e. The van der Waals surface area contributed by atoms with Gasteiger partial charge in [0.1, 0.15) is 0 Å². The number of rotatable bonds is 4. The third-order valence-electron chi connectivity index (χ3n) is 2.40. The summed E-state index contributed by atoms with van der Waals surface area (Å²) in [5.74, 6) is 0. The van der Waals surface area contributed by atoms with Crippen LogP contribution in [0.2, 0.25) is 0 Å². The molecule has 2 heterocycles. The summed E-state index contributed by atoms with van der Waals surface area (Å²) < 4.78 is 3.96. The van der Waals surface area contributed by atoms with Gasteiger partial charge in [0, 0.05) is 24.3 Å². The lowest BCUT2D eigenvalue weighted by Gasteiger charge is -2.03. The highest BCUT2D eigenvalue weighted by atomic mass is 79.9. The third kappa shape index (κ3) is 5.71. The summed E-state index contributed by atoms with van der Waals surface area (Å²) in [7, 11) is 0. The Morgan fingerprint density at radius 3 is 1.33 bits per heavy atom. The lowest BCUT2D eigenvalue weighted by Crippen LogP contribution is -3.00. The minimum atomic E-state index is -0.375.